The maximum atomic E-state index is 12.0. The number of hydrogen-bond acceptors (Lipinski definition) is 7. The van der Waals surface area contributed by atoms with Gasteiger partial charge in [0.15, 0.2) is 5.52 Å². The van der Waals surface area contributed by atoms with Crippen LogP contribution in [-0.4, -0.2) is 71.1 Å². The highest BCUT2D eigenvalue weighted by atomic mass is 32.1. The Labute approximate surface area is 198 Å². The lowest BCUT2D eigenvalue weighted by Crippen LogP contribution is -2.46. The van der Waals surface area contributed by atoms with Crippen molar-refractivity contribution in [2.45, 2.75) is 19.4 Å². The average Bonchev–Trinajstić information content (AvgIpc) is 3.10. The largest absolute Gasteiger partial charge is 0.473 e. The zero-order valence-corrected chi connectivity index (χ0v) is 19.4. The number of pyridine rings is 1. The van der Waals surface area contributed by atoms with Gasteiger partial charge in [-0.05, 0) is 23.8 Å². The molecule has 1 saturated heterocycles. The molecule has 2 aliphatic heterocycles. The van der Waals surface area contributed by atoms with E-state index in [0.717, 1.165) is 16.8 Å². The SMILES string of the molecule is CC(=O)N1CCO[C@H](COc2nc(-c3ccc4c(c3)CC(=O)N4C)cc3nccnc23)C1.S. The number of hydrogen-bond donors (Lipinski definition) is 0. The molecule has 33 heavy (non-hydrogen) atoms. The molecule has 10 heteroatoms. The Morgan fingerprint density at radius 3 is 2.88 bits per heavy atom. The first-order valence-electron chi connectivity index (χ1n) is 10.5. The third-order valence-corrected chi connectivity index (χ3v) is 5.87. The third kappa shape index (κ3) is 4.49. The van der Waals surface area contributed by atoms with E-state index in [0.29, 0.717) is 48.7 Å². The van der Waals surface area contributed by atoms with Crippen molar-refractivity contribution in [2.75, 3.05) is 38.3 Å². The molecule has 5 rings (SSSR count). The molecule has 2 aliphatic rings. The Bertz CT molecular complexity index is 1220. The van der Waals surface area contributed by atoms with Crippen molar-refractivity contribution in [3.8, 4) is 17.1 Å². The monoisotopic (exact) mass is 467 g/mol. The van der Waals surface area contributed by atoms with E-state index in [4.69, 9.17) is 14.5 Å². The summed E-state index contributed by atoms with van der Waals surface area (Å²) in [6.07, 6.45) is 3.36. The summed E-state index contributed by atoms with van der Waals surface area (Å²) in [4.78, 5) is 40.7. The minimum Gasteiger partial charge on any atom is -0.473 e. The first-order valence-corrected chi connectivity index (χ1v) is 10.5. The van der Waals surface area contributed by atoms with Gasteiger partial charge in [0, 0.05) is 44.2 Å². The van der Waals surface area contributed by atoms with Crippen molar-refractivity contribution in [1.82, 2.24) is 19.9 Å². The first-order chi connectivity index (χ1) is 15.5. The van der Waals surface area contributed by atoms with Gasteiger partial charge in [-0.2, -0.15) is 13.5 Å². The van der Waals surface area contributed by atoms with Gasteiger partial charge in [-0.1, -0.05) is 6.07 Å². The van der Waals surface area contributed by atoms with Crippen LogP contribution >= 0.6 is 13.5 Å². The molecule has 172 valence electrons. The smallest absolute Gasteiger partial charge is 0.242 e. The van der Waals surface area contributed by atoms with Crippen LogP contribution in [0.2, 0.25) is 0 Å². The van der Waals surface area contributed by atoms with E-state index in [1.165, 1.54) is 0 Å². The highest BCUT2D eigenvalue weighted by Gasteiger charge is 2.25. The fourth-order valence-electron chi connectivity index (χ4n) is 4.10. The Kier molecular flexibility index (Phi) is 6.48. The van der Waals surface area contributed by atoms with Gasteiger partial charge in [-0.3, -0.25) is 14.6 Å². The lowest BCUT2D eigenvalue weighted by molar-refractivity contribution is -0.137. The number of amides is 2. The number of ether oxygens (including phenoxy) is 2. The van der Waals surface area contributed by atoms with Crippen molar-refractivity contribution in [3.05, 3.63) is 42.2 Å². The van der Waals surface area contributed by atoms with Crippen LogP contribution in [0.15, 0.2) is 36.7 Å². The second-order valence-corrected chi connectivity index (χ2v) is 7.98. The number of fused-ring (bicyclic) bond motifs is 2. The van der Waals surface area contributed by atoms with E-state index in [-0.39, 0.29) is 38.0 Å². The topological polar surface area (TPSA) is 97.8 Å². The maximum Gasteiger partial charge on any atom is 0.242 e. The summed E-state index contributed by atoms with van der Waals surface area (Å²) >= 11 is 0. The number of carbonyl (C=O) groups excluding carboxylic acids is 2. The minimum absolute atomic E-state index is 0. The number of likely N-dealkylation sites (N-methyl/N-ethyl adjacent to an activating group) is 1. The quantitative estimate of drug-likeness (QED) is 0.578. The van der Waals surface area contributed by atoms with Crippen LogP contribution in [0.25, 0.3) is 22.3 Å². The van der Waals surface area contributed by atoms with Crippen LogP contribution in [-0.2, 0) is 20.7 Å². The third-order valence-electron chi connectivity index (χ3n) is 5.87. The zero-order valence-electron chi connectivity index (χ0n) is 18.4. The molecule has 1 atom stereocenters. The summed E-state index contributed by atoms with van der Waals surface area (Å²) in [5.41, 5.74) is 4.68. The van der Waals surface area contributed by atoms with Crippen LogP contribution in [0.4, 0.5) is 5.69 Å². The van der Waals surface area contributed by atoms with Crippen LogP contribution in [0.5, 0.6) is 5.88 Å². The number of aromatic nitrogens is 3. The molecule has 0 radical (unpaired) electrons. The number of rotatable bonds is 4. The summed E-state index contributed by atoms with van der Waals surface area (Å²) in [6, 6.07) is 7.73. The predicted molar refractivity (Wildman–Crippen MR) is 128 cm³/mol. The van der Waals surface area contributed by atoms with Crippen molar-refractivity contribution >= 4 is 42.0 Å². The lowest BCUT2D eigenvalue weighted by Gasteiger charge is -2.32. The highest BCUT2D eigenvalue weighted by molar-refractivity contribution is 7.59. The Balaban J connectivity index is 0.00000259. The van der Waals surface area contributed by atoms with E-state index in [1.54, 1.807) is 36.2 Å². The van der Waals surface area contributed by atoms with E-state index in [1.807, 2.05) is 24.3 Å². The molecule has 0 spiro atoms. The van der Waals surface area contributed by atoms with E-state index >= 15 is 0 Å². The van der Waals surface area contributed by atoms with Gasteiger partial charge in [-0.15, -0.1) is 0 Å². The summed E-state index contributed by atoms with van der Waals surface area (Å²) in [6.45, 7) is 3.34. The molecule has 3 aromatic rings. The highest BCUT2D eigenvalue weighted by Crippen LogP contribution is 2.33. The second-order valence-electron chi connectivity index (χ2n) is 7.98. The molecular formula is C23H25N5O4S. The van der Waals surface area contributed by atoms with E-state index < -0.39 is 0 Å². The average molecular weight is 468 g/mol. The molecule has 2 aromatic heterocycles. The van der Waals surface area contributed by atoms with Crippen molar-refractivity contribution in [1.29, 1.82) is 0 Å². The number of carbonyl (C=O) groups is 2. The molecule has 2 amide bonds. The van der Waals surface area contributed by atoms with Crippen LogP contribution in [0.3, 0.4) is 0 Å². The van der Waals surface area contributed by atoms with Gasteiger partial charge in [0.25, 0.3) is 0 Å². The number of benzene rings is 1. The molecule has 0 bridgehead atoms. The zero-order chi connectivity index (χ0) is 22.2. The van der Waals surface area contributed by atoms with Gasteiger partial charge in [0.05, 0.1) is 30.8 Å². The van der Waals surface area contributed by atoms with Gasteiger partial charge in [-0.25, -0.2) is 9.97 Å². The van der Waals surface area contributed by atoms with Crippen molar-refractivity contribution < 1.29 is 19.1 Å². The second kappa shape index (κ2) is 9.32. The van der Waals surface area contributed by atoms with E-state index in [2.05, 4.69) is 9.97 Å². The molecule has 4 heterocycles. The standard InChI is InChI=1S/C23H23N5O4.H2S/c1-14(29)28-7-8-31-17(12-28)13-32-23-22-19(24-5-6-25-22)11-18(26-23)15-3-4-20-16(9-15)10-21(30)27(20)2;/h3-6,9,11,17H,7-8,10,12-13H2,1-2H3;1H2/t17-;/m0./s1. The minimum atomic E-state index is -0.244. The molecule has 1 fully saturated rings. The van der Waals surface area contributed by atoms with Crippen LogP contribution in [0, 0.1) is 0 Å². The van der Waals surface area contributed by atoms with Gasteiger partial charge in [0.1, 0.15) is 12.7 Å². The van der Waals surface area contributed by atoms with Gasteiger partial charge >= 0.3 is 0 Å². The fourth-order valence-corrected chi connectivity index (χ4v) is 4.10. The summed E-state index contributed by atoms with van der Waals surface area (Å²) in [7, 11) is 1.78. The number of anilines is 1. The van der Waals surface area contributed by atoms with Crippen molar-refractivity contribution in [3.63, 3.8) is 0 Å². The summed E-state index contributed by atoms with van der Waals surface area (Å²) in [5, 5.41) is 0. The summed E-state index contributed by atoms with van der Waals surface area (Å²) in [5.74, 6) is 0.462. The summed E-state index contributed by atoms with van der Waals surface area (Å²) < 4.78 is 11.8. The number of nitrogens with zero attached hydrogens (tertiary/aromatic N) is 5. The lowest BCUT2D eigenvalue weighted by atomic mass is 10.0. The Morgan fingerprint density at radius 2 is 2.06 bits per heavy atom. The predicted octanol–water partition coefficient (Wildman–Crippen LogP) is 1.95. The molecule has 1 aromatic carbocycles. The van der Waals surface area contributed by atoms with Crippen LogP contribution in [0.1, 0.15) is 12.5 Å². The van der Waals surface area contributed by atoms with Gasteiger partial charge < -0.3 is 19.3 Å². The number of morpholine rings is 1. The molecule has 0 aliphatic carbocycles. The normalized spacial score (nSPS) is 17.6. The first kappa shape index (κ1) is 22.9. The van der Waals surface area contributed by atoms with Crippen molar-refractivity contribution in [2.24, 2.45) is 0 Å². The molecule has 0 saturated carbocycles. The maximum absolute atomic E-state index is 12.0. The fraction of sp³-hybridized carbons (Fsp3) is 0.348. The van der Waals surface area contributed by atoms with Crippen LogP contribution < -0.4 is 9.64 Å². The van der Waals surface area contributed by atoms with Gasteiger partial charge in [0.2, 0.25) is 17.7 Å². The molecule has 0 N–H and O–H groups in total. The molecule has 9 nitrogen and oxygen atoms in total. The Morgan fingerprint density at radius 1 is 1.24 bits per heavy atom. The molecule has 0 unspecified atom stereocenters. The van der Waals surface area contributed by atoms with E-state index in [9.17, 15) is 9.59 Å². The molecular weight excluding hydrogens is 442 g/mol. The Hall–Kier alpha value is -3.24.